The second-order valence-electron chi connectivity index (χ2n) is 7.37. The van der Waals surface area contributed by atoms with E-state index in [4.69, 9.17) is 5.11 Å². The summed E-state index contributed by atoms with van der Waals surface area (Å²) in [5, 5.41) is 9.75. The molecule has 0 bridgehead atoms. The van der Waals surface area contributed by atoms with Crippen molar-refractivity contribution < 1.29 is 27.9 Å². The summed E-state index contributed by atoms with van der Waals surface area (Å²) < 4.78 is 38.7. The third-order valence-corrected chi connectivity index (χ3v) is 5.25. The summed E-state index contributed by atoms with van der Waals surface area (Å²) in [6.45, 7) is 0. The molecule has 0 unspecified atom stereocenters. The third-order valence-electron chi connectivity index (χ3n) is 5.25. The highest BCUT2D eigenvalue weighted by Crippen LogP contribution is 2.32. The second kappa shape index (κ2) is 8.38. The molecule has 0 aliphatic carbocycles. The Kier molecular flexibility index (Phi) is 5.59. The van der Waals surface area contributed by atoms with Crippen LogP contribution in [0.15, 0.2) is 78.9 Å². The zero-order chi connectivity index (χ0) is 23.8. The van der Waals surface area contributed by atoms with Gasteiger partial charge in [-0.3, -0.25) is 9.69 Å². The summed E-state index contributed by atoms with van der Waals surface area (Å²) in [6, 6.07) is 19.1. The number of aromatic nitrogens is 1. The Morgan fingerprint density at radius 2 is 1.61 bits per heavy atom. The van der Waals surface area contributed by atoms with Gasteiger partial charge in [-0.25, -0.2) is 9.78 Å². The Bertz CT molecular complexity index is 1370. The number of carboxylic acid groups (broad SMARTS) is 1. The van der Waals surface area contributed by atoms with Crippen LogP contribution in [0.2, 0.25) is 0 Å². The van der Waals surface area contributed by atoms with Crippen molar-refractivity contribution in [3.8, 4) is 11.1 Å². The van der Waals surface area contributed by atoms with Crippen molar-refractivity contribution in [3.05, 3.63) is 95.6 Å². The first-order chi connectivity index (χ1) is 15.6. The fourth-order valence-corrected chi connectivity index (χ4v) is 3.48. The smallest absolute Gasteiger partial charge is 0.416 e. The van der Waals surface area contributed by atoms with Gasteiger partial charge in [0.25, 0.3) is 5.91 Å². The van der Waals surface area contributed by atoms with E-state index >= 15 is 0 Å². The van der Waals surface area contributed by atoms with Crippen LogP contribution in [0, 0.1) is 0 Å². The molecular formula is C25H17F3N2O3. The number of hydrogen-bond acceptors (Lipinski definition) is 3. The van der Waals surface area contributed by atoms with Gasteiger partial charge < -0.3 is 5.11 Å². The number of benzene rings is 3. The van der Waals surface area contributed by atoms with Crippen LogP contribution < -0.4 is 4.90 Å². The first-order valence-corrected chi connectivity index (χ1v) is 9.84. The minimum Gasteiger partial charge on any atom is -0.478 e. The lowest BCUT2D eigenvalue weighted by atomic mass is 9.98. The molecular weight excluding hydrogens is 433 g/mol. The lowest BCUT2D eigenvalue weighted by Crippen LogP contribution is -2.27. The quantitative estimate of drug-likeness (QED) is 0.421. The van der Waals surface area contributed by atoms with Gasteiger partial charge in [0, 0.05) is 18.0 Å². The first-order valence-electron chi connectivity index (χ1n) is 9.84. The van der Waals surface area contributed by atoms with Crippen LogP contribution in [0.5, 0.6) is 0 Å². The molecule has 0 aliphatic rings. The van der Waals surface area contributed by atoms with E-state index in [-0.39, 0.29) is 11.5 Å². The van der Waals surface area contributed by atoms with Crippen molar-refractivity contribution in [3.63, 3.8) is 0 Å². The van der Waals surface area contributed by atoms with Gasteiger partial charge >= 0.3 is 12.1 Å². The molecule has 1 aromatic heterocycles. The molecule has 166 valence electrons. The molecule has 1 N–H and O–H groups in total. The molecule has 4 rings (SSSR count). The van der Waals surface area contributed by atoms with E-state index in [0.29, 0.717) is 33.4 Å². The van der Waals surface area contributed by atoms with E-state index < -0.39 is 17.7 Å². The molecule has 33 heavy (non-hydrogen) atoms. The number of carbonyl (C=O) groups is 2. The van der Waals surface area contributed by atoms with Gasteiger partial charge in [-0.2, -0.15) is 13.2 Å². The van der Waals surface area contributed by atoms with Crippen LogP contribution >= 0.6 is 0 Å². The number of fused-ring (bicyclic) bond motifs is 1. The van der Waals surface area contributed by atoms with Crippen molar-refractivity contribution in [2.75, 3.05) is 11.9 Å². The van der Waals surface area contributed by atoms with Crippen LogP contribution in [0.3, 0.4) is 0 Å². The standard InChI is InChI=1S/C25H17F3N2O3/c1-30(22-13-9-16-14-17(24(32)33)8-12-21(16)29-22)23(31)20-5-3-2-4-19(20)15-6-10-18(11-7-15)25(26,27)28/h2-14H,1H3,(H,32,33). The second-order valence-corrected chi connectivity index (χ2v) is 7.37. The fourth-order valence-electron chi connectivity index (χ4n) is 3.48. The molecule has 1 heterocycles. The van der Waals surface area contributed by atoms with Crippen molar-refractivity contribution in [1.29, 1.82) is 0 Å². The first kappa shape index (κ1) is 22.0. The number of carboxylic acids is 1. The van der Waals surface area contributed by atoms with Crippen LogP contribution in [0.4, 0.5) is 19.0 Å². The maximum atomic E-state index is 13.3. The Hall–Kier alpha value is -4.20. The number of amides is 1. The molecule has 8 heteroatoms. The molecule has 0 saturated carbocycles. The molecule has 0 atom stereocenters. The van der Waals surface area contributed by atoms with Crippen molar-refractivity contribution in [2.24, 2.45) is 0 Å². The third kappa shape index (κ3) is 4.41. The Balaban J connectivity index is 1.67. The Morgan fingerprint density at radius 3 is 2.27 bits per heavy atom. The van der Waals surface area contributed by atoms with E-state index in [2.05, 4.69) is 4.98 Å². The molecule has 0 aliphatic heterocycles. The highest BCUT2D eigenvalue weighted by Gasteiger charge is 2.30. The Morgan fingerprint density at radius 1 is 0.909 bits per heavy atom. The van der Waals surface area contributed by atoms with Gasteiger partial charge in [0.2, 0.25) is 0 Å². The van der Waals surface area contributed by atoms with Gasteiger partial charge in [0.05, 0.1) is 16.6 Å². The number of hydrogen-bond donors (Lipinski definition) is 1. The number of halogens is 3. The lowest BCUT2D eigenvalue weighted by molar-refractivity contribution is -0.137. The van der Waals surface area contributed by atoms with E-state index in [9.17, 15) is 22.8 Å². The van der Waals surface area contributed by atoms with Gasteiger partial charge in [-0.15, -0.1) is 0 Å². The normalized spacial score (nSPS) is 11.4. The van der Waals surface area contributed by atoms with Gasteiger partial charge in [0.15, 0.2) is 0 Å². The van der Waals surface area contributed by atoms with Gasteiger partial charge in [-0.05, 0) is 59.7 Å². The zero-order valence-electron chi connectivity index (χ0n) is 17.3. The van der Waals surface area contributed by atoms with Gasteiger partial charge in [0.1, 0.15) is 5.82 Å². The average molecular weight is 450 g/mol. The number of pyridine rings is 1. The molecule has 0 spiro atoms. The van der Waals surface area contributed by atoms with Crippen molar-refractivity contribution in [1.82, 2.24) is 4.98 Å². The van der Waals surface area contributed by atoms with E-state index in [1.807, 2.05) is 0 Å². The number of nitrogens with zero attached hydrogens (tertiary/aromatic N) is 2. The summed E-state index contributed by atoms with van der Waals surface area (Å²) in [4.78, 5) is 30.2. The zero-order valence-corrected chi connectivity index (χ0v) is 17.3. The molecule has 5 nitrogen and oxygen atoms in total. The molecule has 0 radical (unpaired) electrons. The van der Waals surface area contributed by atoms with E-state index in [1.165, 1.54) is 29.2 Å². The lowest BCUT2D eigenvalue weighted by Gasteiger charge is -2.19. The summed E-state index contributed by atoms with van der Waals surface area (Å²) >= 11 is 0. The number of anilines is 1. The van der Waals surface area contributed by atoms with E-state index in [0.717, 1.165) is 12.1 Å². The largest absolute Gasteiger partial charge is 0.478 e. The summed E-state index contributed by atoms with van der Waals surface area (Å²) in [7, 11) is 1.55. The predicted molar refractivity (Wildman–Crippen MR) is 118 cm³/mol. The number of carbonyl (C=O) groups excluding carboxylic acids is 1. The SMILES string of the molecule is CN(C(=O)c1ccccc1-c1ccc(C(F)(F)F)cc1)c1ccc2cc(C(=O)O)ccc2n1. The minimum atomic E-state index is -4.44. The number of aromatic carboxylic acids is 1. The molecule has 3 aromatic carbocycles. The molecule has 4 aromatic rings. The highest BCUT2D eigenvalue weighted by atomic mass is 19.4. The molecule has 1 amide bonds. The van der Waals surface area contributed by atoms with Crippen LogP contribution in [-0.2, 0) is 6.18 Å². The monoisotopic (exact) mass is 450 g/mol. The van der Waals surface area contributed by atoms with Crippen LogP contribution in [-0.4, -0.2) is 29.0 Å². The molecule has 0 saturated heterocycles. The van der Waals surface area contributed by atoms with Crippen molar-refractivity contribution >= 4 is 28.6 Å². The van der Waals surface area contributed by atoms with Crippen LogP contribution in [0.1, 0.15) is 26.3 Å². The van der Waals surface area contributed by atoms with Gasteiger partial charge in [-0.1, -0.05) is 30.3 Å². The maximum Gasteiger partial charge on any atom is 0.416 e. The van der Waals surface area contributed by atoms with Crippen molar-refractivity contribution in [2.45, 2.75) is 6.18 Å². The van der Waals surface area contributed by atoms with Crippen LogP contribution in [0.25, 0.3) is 22.0 Å². The Labute approximate surface area is 186 Å². The fraction of sp³-hybridized carbons (Fsp3) is 0.0800. The minimum absolute atomic E-state index is 0.131. The predicted octanol–water partition coefficient (Wildman–Crippen LogP) is 5.90. The molecule has 0 fully saturated rings. The summed E-state index contributed by atoms with van der Waals surface area (Å²) in [6.07, 6.45) is -4.44. The summed E-state index contributed by atoms with van der Waals surface area (Å²) in [5.41, 5.74) is 1.17. The van der Waals surface area contributed by atoms with E-state index in [1.54, 1.807) is 49.5 Å². The topological polar surface area (TPSA) is 70.5 Å². The maximum absolute atomic E-state index is 13.3. The average Bonchev–Trinajstić information content (AvgIpc) is 2.82. The highest BCUT2D eigenvalue weighted by molar-refractivity contribution is 6.09. The summed E-state index contributed by atoms with van der Waals surface area (Å²) in [5.74, 6) is -1.09. The number of alkyl halides is 3. The number of rotatable bonds is 4.